The molecule has 1 aliphatic rings. The zero-order valence-electron chi connectivity index (χ0n) is 14.4. The quantitative estimate of drug-likeness (QED) is 0.438. The van der Waals surface area contributed by atoms with Crippen molar-refractivity contribution in [2.45, 2.75) is 40.5 Å². The third kappa shape index (κ3) is 5.83. The van der Waals surface area contributed by atoms with E-state index in [1.54, 1.807) is 0 Å². The number of piperidine rings is 1. The Morgan fingerprint density at radius 1 is 1.45 bits per heavy atom. The second-order valence-corrected chi connectivity index (χ2v) is 6.53. The van der Waals surface area contributed by atoms with Crippen molar-refractivity contribution in [3.05, 3.63) is 0 Å². The van der Waals surface area contributed by atoms with Crippen LogP contribution in [0.4, 0.5) is 0 Å². The molecular weight excluding hydrogens is 282 g/mol. The van der Waals surface area contributed by atoms with Crippen LogP contribution >= 0.6 is 0 Å². The first-order valence-corrected chi connectivity index (χ1v) is 8.24. The van der Waals surface area contributed by atoms with E-state index in [4.69, 9.17) is 4.74 Å². The van der Waals surface area contributed by atoms with Crippen molar-refractivity contribution >= 4 is 11.9 Å². The molecule has 0 radical (unpaired) electrons. The van der Waals surface area contributed by atoms with Gasteiger partial charge in [-0.15, -0.1) is 0 Å². The molecule has 0 unspecified atom stereocenters. The minimum atomic E-state index is -0.239. The molecule has 0 spiro atoms. The number of esters is 1. The molecule has 6 nitrogen and oxygen atoms in total. The van der Waals surface area contributed by atoms with Gasteiger partial charge in [0.05, 0.1) is 19.1 Å². The fraction of sp³-hybridized carbons (Fsp3) is 0.875. The first-order chi connectivity index (χ1) is 10.4. The predicted molar refractivity (Wildman–Crippen MR) is 87.8 cm³/mol. The van der Waals surface area contributed by atoms with E-state index in [1.165, 1.54) is 0 Å². The standard InChI is InChI=1S/C16H31N3O3/c1-5-17-15(18-11-16(3,4)12-20)19-9-7-8-13(10-19)14(21)22-6-2/h13,20H,5-12H2,1-4H3,(H,17,18)/t13-/m1/s1. The largest absolute Gasteiger partial charge is 0.466 e. The van der Waals surface area contributed by atoms with Gasteiger partial charge in [0.1, 0.15) is 0 Å². The van der Waals surface area contributed by atoms with Gasteiger partial charge in [-0.25, -0.2) is 0 Å². The summed E-state index contributed by atoms with van der Waals surface area (Å²) in [4.78, 5) is 18.7. The van der Waals surface area contributed by atoms with Gasteiger partial charge in [-0.2, -0.15) is 0 Å². The third-order valence-electron chi connectivity index (χ3n) is 3.76. The number of aliphatic hydroxyl groups is 1. The van der Waals surface area contributed by atoms with Crippen molar-refractivity contribution in [1.29, 1.82) is 0 Å². The smallest absolute Gasteiger partial charge is 0.310 e. The van der Waals surface area contributed by atoms with E-state index in [1.807, 2.05) is 27.7 Å². The van der Waals surface area contributed by atoms with Crippen LogP contribution < -0.4 is 5.32 Å². The number of ether oxygens (including phenoxy) is 1. The number of guanidine groups is 1. The first-order valence-electron chi connectivity index (χ1n) is 8.24. The van der Waals surface area contributed by atoms with Gasteiger partial charge >= 0.3 is 5.97 Å². The van der Waals surface area contributed by atoms with Gasteiger partial charge in [-0.1, -0.05) is 13.8 Å². The van der Waals surface area contributed by atoms with Crippen LogP contribution in [0, 0.1) is 11.3 Å². The van der Waals surface area contributed by atoms with Crippen molar-refractivity contribution in [2.24, 2.45) is 16.3 Å². The van der Waals surface area contributed by atoms with E-state index in [0.29, 0.717) is 19.7 Å². The summed E-state index contributed by atoms with van der Waals surface area (Å²) in [5, 5.41) is 12.6. The minimum Gasteiger partial charge on any atom is -0.466 e. The zero-order chi connectivity index (χ0) is 16.6. The number of carbonyl (C=O) groups is 1. The van der Waals surface area contributed by atoms with E-state index < -0.39 is 0 Å². The lowest BCUT2D eigenvalue weighted by Gasteiger charge is -2.34. The molecule has 0 bridgehead atoms. The molecule has 1 saturated heterocycles. The Bertz CT molecular complexity index is 383. The molecule has 128 valence electrons. The van der Waals surface area contributed by atoms with Crippen molar-refractivity contribution in [1.82, 2.24) is 10.2 Å². The average Bonchev–Trinajstić information content (AvgIpc) is 2.52. The van der Waals surface area contributed by atoms with Crippen LogP contribution in [0.1, 0.15) is 40.5 Å². The minimum absolute atomic E-state index is 0.0802. The summed E-state index contributed by atoms with van der Waals surface area (Å²) in [5.41, 5.74) is -0.239. The third-order valence-corrected chi connectivity index (χ3v) is 3.76. The summed E-state index contributed by atoms with van der Waals surface area (Å²) >= 11 is 0. The van der Waals surface area contributed by atoms with Crippen LogP contribution in [0.15, 0.2) is 4.99 Å². The molecule has 0 saturated carbocycles. The molecule has 1 rings (SSSR count). The van der Waals surface area contributed by atoms with Crippen LogP contribution in [0.2, 0.25) is 0 Å². The fourth-order valence-corrected chi connectivity index (χ4v) is 2.39. The van der Waals surface area contributed by atoms with E-state index in [-0.39, 0.29) is 23.9 Å². The Kier molecular flexibility index (Phi) is 7.65. The molecule has 0 aliphatic carbocycles. The number of likely N-dealkylation sites (tertiary alicyclic amines) is 1. The molecule has 0 aromatic carbocycles. The molecule has 1 heterocycles. The summed E-state index contributed by atoms with van der Waals surface area (Å²) in [6, 6.07) is 0. The van der Waals surface area contributed by atoms with Gasteiger partial charge in [0.2, 0.25) is 0 Å². The highest BCUT2D eigenvalue weighted by Gasteiger charge is 2.28. The van der Waals surface area contributed by atoms with Crippen LogP contribution in [-0.4, -0.2) is 61.3 Å². The molecule has 0 aromatic heterocycles. The van der Waals surface area contributed by atoms with E-state index in [2.05, 4.69) is 15.2 Å². The van der Waals surface area contributed by atoms with Crippen LogP contribution in [0.25, 0.3) is 0 Å². The van der Waals surface area contributed by atoms with Crippen LogP contribution in [0.3, 0.4) is 0 Å². The van der Waals surface area contributed by atoms with Crippen LogP contribution in [0.5, 0.6) is 0 Å². The van der Waals surface area contributed by atoms with E-state index in [0.717, 1.165) is 31.9 Å². The molecule has 1 aliphatic heterocycles. The van der Waals surface area contributed by atoms with Crippen molar-refractivity contribution in [2.75, 3.05) is 39.4 Å². The summed E-state index contributed by atoms with van der Waals surface area (Å²) in [5.74, 6) is 0.625. The second kappa shape index (κ2) is 8.98. The summed E-state index contributed by atoms with van der Waals surface area (Å²) in [6.45, 7) is 11.2. The Morgan fingerprint density at radius 3 is 2.77 bits per heavy atom. The SMILES string of the molecule is CCNC(=NCC(C)(C)CO)N1CCC[C@@H](C(=O)OCC)C1. The number of aliphatic hydroxyl groups excluding tert-OH is 1. The summed E-state index contributed by atoms with van der Waals surface area (Å²) in [7, 11) is 0. The van der Waals surface area contributed by atoms with Gasteiger partial charge < -0.3 is 20.1 Å². The first kappa shape index (κ1) is 18.7. The molecule has 0 aromatic rings. The van der Waals surface area contributed by atoms with Crippen molar-refractivity contribution < 1.29 is 14.6 Å². The molecule has 0 amide bonds. The normalized spacial score (nSPS) is 20.0. The van der Waals surface area contributed by atoms with E-state index >= 15 is 0 Å². The number of carbonyl (C=O) groups excluding carboxylic acids is 1. The second-order valence-electron chi connectivity index (χ2n) is 6.53. The average molecular weight is 313 g/mol. The fourth-order valence-electron chi connectivity index (χ4n) is 2.39. The monoisotopic (exact) mass is 313 g/mol. The number of rotatable bonds is 6. The molecule has 22 heavy (non-hydrogen) atoms. The number of nitrogens with one attached hydrogen (secondary N) is 1. The lowest BCUT2D eigenvalue weighted by Crippen LogP contribution is -2.48. The molecule has 6 heteroatoms. The van der Waals surface area contributed by atoms with Gasteiger partial charge in [-0.05, 0) is 26.7 Å². The lowest BCUT2D eigenvalue weighted by molar-refractivity contribution is -0.149. The van der Waals surface area contributed by atoms with Gasteiger partial charge in [0.15, 0.2) is 5.96 Å². The van der Waals surface area contributed by atoms with Gasteiger partial charge in [0, 0.05) is 31.7 Å². The molecule has 1 atom stereocenters. The molecule has 1 fully saturated rings. The molecular formula is C16H31N3O3. The summed E-state index contributed by atoms with van der Waals surface area (Å²) in [6.07, 6.45) is 1.83. The maximum absolute atomic E-state index is 11.9. The maximum atomic E-state index is 11.9. The predicted octanol–water partition coefficient (Wildman–Crippen LogP) is 1.25. The zero-order valence-corrected chi connectivity index (χ0v) is 14.4. The lowest BCUT2D eigenvalue weighted by atomic mass is 9.95. The molecule has 2 N–H and O–H groups in total. The number of nitrogens with zero attached hydrogens (tertiary/aromatic N) is 2. The summed E-state index contributed by atoms with van der Waals surface area (Å²) < 4.78 is 5.14. The Morgan fingerprint density at radius 2 is 2.18 bits per heavy atom. The Balaban J connectivity index is 2.73. The Hall–Kier alpha value is -1.30. The van der Waals surface area contributed by atoms with Crippen molar-refractivity contribution in [3.8, 4) is 0 Å². The van der Waals surface area contributed by atoms with Crippen molar-refractivity contribution in [3.63, 3.8) is 0 Å². The topological polar surface area (TPSA) is 74.2 Å². The van der Waals surface area contributed by atoms with Crippen LogP contribution in [-0.2, 0) is 9.53 Å². The number of aliphatic imine (C=N–C) groups is 1. The van der Waals surface area contributed by atoms with Gasteiger partial charge in [0.25, 0.3) is 0 Å². The maximum Gasteiger partial charge on any atom is 0.310 e. The number of hydrogen-bond donors (Lipinski definition) is 2. The number of hydrogen-bond acceptors (Lipinski definition) is 4. The Labute approximate surface area is 133 Å². The highest BCUT2D eigenvalue weighted by Crippen LogP contribution is 2.19. The highest BCUT2D eigenvalue weighted by atomic mass is 16.5. The van der Waals surface area contributed by atoms with E-state index in [9.17, 15) is 9.90 Å². The van der Waals surface area contributed by atoms with Gasteiger partial charge in [-0.3, -0.25) is 9.79 Å². The highest BCUT2D eigenvalue weighted by molar-refractivity contribution is 5.81.